The van der Waals surface area contributed by atoms with E-state index in [0.717, 1.165) is 0 Å². The lowest BCUT2D eigenvalue weighted by Crippen LogP contribution is -2.32. The molecule has 0 saturated heterocycles. The maximum atomic E-state index is 11.2. The Labute approximate surface area is 120 Å². The van der Waals surface area contributed by atoms with Crippen LogP contribution in [0.4, 0.5) is 0 Å². The third-order valence-electron chi connectivity index (χ3n) is 3.43. The molecule has 0 fully saturated rings. The van der Waals surface area contributed by atoms with Gasteiger partial charge in [0.2, 0.25) is 0 Å². The van der Waals surface area contributed by atoms with Gasteiger partial charge in [0, 0.05) is 12.5 Å². The summed E-state index contributed by atoms with van der Waals surface area (Å²) in [5, 5.41) is 13.4. The van der Waals surface area contributed by atoms with Crippen molar-refractivity contribution in [2.75, 3.05) is 14.2 Å². The molecule has 0 bridgehead atoms. The Morgan fingerprint density at radius 1 is 1.52 bits per heavy atom. The number of aromatic nitrogens is 1. The van der Waals surface area contributed by atoms with Crippen molar-refractivity contribution in [3.8, 4) is 0 Å². The van der Waals surface area contributed by atoms with E-state index in [1.165, 1.54) is 7.11 Å². The number of hydrogen-bond acceptors (Lipinski definition) is 6. The smallest absolute Gasteiger partial charge is 0.417 e. The average Bonchev–Trinajstić information content (AvgIpc) is 2.86. The van der Waals surface area contributed by atoms with Gasteiger partial charge in [0.1, 0.15) is 0 Å². The molecule has 0 radical (unpaired) electrons. The van der Waals surface area contributed by atoms with Crippen LogP contribution in [0, 0.1) is 0 Å². The molecule has 0 aliphatic rings. The number of ether oxygens (including phenoxy) is 1. The summed E-state index contributed by atoms with van der Waals surface area (Å²) in [6.07, 6.45) is -0.190. The van der Waals surface area contributed by atoms with Gasteiger partial charge < -0.3 is 19.6 Å². The minimum Gasteiger partial charge on any atom is -0.469 e. The summed E-state index contributed by atoms with van der Waals surface area (Å²) in [6, 6.07) is 4.68. The Bertz CT molecular complexity index is 675. The topological polar surface area (TPSA) is 105 Å². The number of aliphatic hydroxyl groups is 1. The molecule has 2 rings (SSSR count). The second-order valence-corrected chi connectivity index (χ2v) is 4.72. The van der Waals surface area contributed by atoms with Gasteiger partial charge in [-0.25, -0.2) is 4.79 Å². The molecule has 2 atom stereocenters. The number of methoxy groups -OCH3 is 1. The zero-order valence-corrected chi connectivity index (χ0v) is 11.9. The zero-order valence-electron chi connectivity index (χ0n) is 11.9. The summed E-state index contributed by atoms with van der Waals surface area (Å²) in [5.41, 5.74) is 1.57. The number of H-pyrrole nitrogens is 1. The van der Waals surface area contributed by atoms with E-state index in [9.17, 15) is 14.7 Å². The highest BCUT2D eigenvalue weighted by Gasteiger charge is 2.21. The van der Waals surface area contributed by atoms with Crippen LogP contribution in [0.3, 0.4) is 0 Å². The fourth-order valence-electron chi connectivity index (χ4n) is 2.21. The SMILES string of the molecule is CNC(CCC(=O)OC)C(O)c1ccc2[nH]c(=O)oc2c1. The van der Waals surface area contributed by atoms with Crippen molar-refractivity contribution in [1.82, 2.24) is 10.3 Å². The van der Waals surface area contributed by atoms with Crippen LogP contribution in [0.5, 0.6) is 0 Å². The molecule has 0 spiro atoms. The molecule has 0 aliphatic heterocycles. The molecule has 0 amide bonds. The van der Waals surface area contributed by atoms with E-state index in [1.807, 2.05) is 0 Å². The average molecular weight is 294 g/mol. The zero-order chi connectivity index (χ0) is 15.4. The van der Waals surface area contributed by atoms with E-state index in [4.69, 9.17) is 4.42 Å². The predicted octanol–water partition coefficient (Wildman–Crippen LogP) is 0.696. The highest BCUT2D eigenvalue weighted by molar-refractivity contribution is 5.73. The molecule has 21 heavy (non-hydrogen) atoms. The first-order valence-corrected chi connectivity index (χ1v) is 6.60. The number of hydrogen-bond donors (Lipinski definition) is 3. The standard InChI is InChI=1S/C14H18N2O5/c1-15-10(5-6-12(17)20-2)13(18)8-3-4-9-11(7-8)21-14(19)16-9/h3-4,7,10,13,15,18H,5-6H2,1-2H3,(H,16,19). The summed E-state index contributed by atoms with van der Waals surface area (Å²) in [5.74, 6) is -0.859. The molecule has 2 unspecified atom stereocenters. The first kappa shape index (κ1) is 15.3. The molecule has 7 heteroatoms. The van der Waals surface area contributed by atoms with Crippen molar-refractivity contribution < 1.29 is 19.1 Å². The fraction of sp³-hybridized carbons (Fsp3) is 0.429. The number of aliphatic hydroxyl groups excluding tert-OH is 1. The summed E-state index contributed by atoms with van der Waals surface area (Å²) < 4.78 is 9.56. The van der Waals surface area contributed by atoms with Crippen LogP contribution in [-0.2, 0) is 9.53 Å². The Morgan fingerprint density at radius 2 is 2.29 bits per heavy atom. The first-order chi connectivity index (χ1) is 10.0. The van der Waals surface area contributed by atoms with E-state index in [-0.39, 0.29) is 18.4 Å². The number of nitrogens with one attached hydrogen (secondary N) is 2. The number of rotatable bonds is 6. The van der Waals surface area contributed by atoms with Crippen molar-refractivity contribution in [2.24, 2.45) is 0 Å². The summed E-state index contributed by atoms with van der Waals surface area (Å²) >= 11 is 0. The van der Waals surface area contributed by atoms with Crippen LogP contribution >= 0.6 is 0 Å². The predicted molar refractivity (Wildman–Crippen MR) is 75.9 cm³/mol. The molecule has 1 heterocycles. The Kier molecular flexibility index (Phi) is 4.77. The number of esters is 1. The van der Waals surface area contributed by atoms with Crippen molar-refractivity contribution in [2.45, 2.75) is 25.0 Å². The monoisotopic (exact) mass is 294 g/mol. The molecule has 7 nitrogen and oxygen atoms in total. The summed E-state index contributed by atoms with van der Waals surface area (Å²) in [7, 11) is 3.04. The van der Waals surface area contributed by atoms with Gasteiger partial charge in [-0.15, -0.1) is 0 Å². The van der Waals surface area contributed by atoms with Gasteiger partial charge in [0.15, 0.2) is 5.58 Å². The van der Waals surface area contributed by atoms with Crippen molar-refractivity contribution >= 4 is 17.1 Å². The van der Waals surface area contributed by atoms with E-state index in [2.05, 4.69) is 15.0 Å². The van der Waals surface area contributed by atoms with E-state index < -0.39 is 11.9 Å². The first-order valence-electron chi connectivity index (χ1n) is 6.60. The van der Waals surface area contributed by atoms with Gasteiger partial charge in [-0.2, -0.15) is 0 Å². The van der Waals surface area contributed by atoms with Gasteiger partial charge in [-0.05, 0) is 31.2 Å². The molecular weight excluding hydrogens is 276 g/mol. The number of carbonyl (C=O) groups excluding carboxylic acids is 1. The lowest BCUT2D eigenvalue weighted by atomic mass is 9.98. The molecular formula is C14H18N2O5. The second kappa shape index (κ2) is 6.55. The highest BCUT2D eigenvalue weighted by atomic mass is 16.5. The number of fused-ring (bicyclic) bond motifs is 1. The minimum absolute atomic E-state index is 0.209. The van der Waals surface area contributed by atoms with Crippen LogP contribution in [0.15, 0.2) is 27.4 Å². The van der Waals surface area contributed by atoms with Crippen LogP contribution in [0.25, 0.3) is 11.1 Å². The molecule has 1 aromatic heterocycles. The molecule has 3 N–H and O–H groups in total. The fourth-order valence-corrected chi connectivity index (χ4v) is 2.21. The van der Waals surface area contributed by atoms with Gasteiger partial charge in [-0.3, -0.25) is 9.78 Å². The number of likely N-dealkylation sites (N-methyl/N-ethyl adjacent to an activating group) is 1. The minimum atomic E-state index is -0.829. The number of oxazole rings is 1. The molecule has 114 valence electrons. The van der Waals surface area contributed by atoms with Gasteiger partial charge in [0.05, 0.1) is 18.7 Å². The van der Waals surface area contributed by atoms with E-state index in [1.54, 1.807) is 25.2 Å². The van der Waals surface area contributed by atoms with Gasteiger partial charge in [-0.1, -0.05) is 6.07 Å². The van der Waals surface area contributed by atoms with Gasteiger partial charge >= 0.3 is 11.7 Å². The van der Waals surface area contributed by atoms with Crippen LogP contribution in [0.2, 0.25) is 0 Å². The number of benzene rings is 1. The normalized spacial score (nSPS) is 14.0. The summed E-state index contributed by atoms with van der Waals surface area (Å²) in [4.78, 5) is 24.8. The van der Waals surface area contributed by atoms with Crippen LogP contribution in [0.1, 0.15) is 24.5 Å². The van der Waals surface area contributed by atoms with Crippen LogP contribution in [-0.4, -0.2) is 36.3 Å². The van der Waals surface area contributed by atoms with Crippen molar-refractivity contribution in [1.29, 1.82) is 0 Å². The van der Waals surface area contributed by atoms with Crippen molar-refractivity contribution in [3.63, 3.8) is 0 Å². The summed E-state index contributed by atoms with van der Waals surface area (Å²) in [6.45, 7) is 0. The van der Waals surface area contributed by atoms with Crippen LogP contribution < -0.4 is 11.1 Å². The Balaban J connectivity index is 2.16. The molecule has 1 aromatic carbocycles. The molecule has 2 aromatic rings. The number of carbonyl (C=O) groups is 1. The third-order valence-corrected chi connectivity index (χ3v) is 3.43. The number of aromatic amines is 1. The quantitative estimate of drug-likeness (QED) is 0.677. The van der Waals surface area contributed by atoms with E-state index >= 15 is 0 Å². The lowest BCUT2D eigenvalue weighted by Gasteiger charge is -2.22. The van der Waals surface area contributed by atoms with E-state index in [0.29, 0.717) is 23.1 Å². The van der Waals surface area contributed by atoms with Crippen molar-refractivity contribution in [3.05, 3.63) is 34.3 Å². The lowest BCUT2D eigenvalue weighted by molar-refractivity contribution is -0.140. The largest absolute Gasteiger partial charge is 0.469 e. The highest BCUT2D eigenvalue weighted by Crippen LogP contribution is 2.23. The maximum absolute atomic E-state index is 11.2. The van der Waals surface area contributed by atoms with Gasteiger partial charge in [0.25, 0.3) is 0 Å². The Morgan fingerprint density at radius 3 is 2.95 bits per heavy atom. The molecule has 0 aliphatic carbocycles. The third kappa shape index (κ3) is 3.50. The maximum Gasteiger partial charge on any atom is 0.417 e. The second-order valence-electron chi connectivity index (χ2n) is 4.72. The molecule has 0 saturated carbocycles. The Hall–Kier alpha value is -2.12.